The Kier molecular flexibility index (Phi) is 10.7. The SMILES string of the molecule is CCCCOC(=O)C(C#N)C(C(=O)OCCCC)(C1CCCCC1)C1CCCCC1. The van der Waals surface area contributed by atoms with Crippen molar-refractivity contribution in [2.45, 2.75) is 104 Å². The van der Waals surface area contributed by atoms with Gasteiger partial charge in [0.25, 0.3) is 0 Å². The van der Waals surface area contributed by atoms with Gasteiger partial charge in [-0.25, -0.2) is 0 Å². The summed E-state index contributed by atoms with van der Waals surface area (Å²) in [6, 6.07) is 2.26. The van der Waals surface area contributed by atoms with Crippen LogP contribution in [0, 0.1) is 34.5 Å². The van der Waals surface area contributed by atoms with Crippen molar-refractivity contribution >= 4 is 11.9 Å². The molecule has 170 valence electrons. The Morgan fingerprint density at radius 2 is 1.33 bits per heavy atom. The van der Waals surface area contributed by atoms with E-state index in [0.29, 0.717) is 13.2 Å². The number of rotatable bonds is 11. The van der Waals surface area contributed by atoms with Crippen molar-refractivity contribution < 1.29 is 19.1 Å². The van der Waals surface area contributed by atoms with E-state index < -0.39 is 17.3 Å². The summed E-state index contributed by atoms with van der Waals surface area (Å²) in [5, 5.41) is 10.2. The van der Waals surface area contributed by atoms with Gasteiger partial charge < -0.3 is 9.47 Å². The lowest BCUT2D eigenvalue weighted by Crippen LogP contribution is -2.55. The molecular formula is C25H41NO4. The highest BCUT2D eigenvalue weighted by Gasteiger charge is 2.60. The lowest BCUT2D eigenvalue weighted by molar-refractivity contribution is -0.181. The van der Waals surface area contributed by atoms with Crippen molar-refractivity contribution in [1.82, 2.24) is 0 Å². The molecule has 0 aromatic heterocycles. The van der Waals surface area contributed by atoms with Gasteiger partial charge in [0.2, 0.25) is 0 Å². The van der Waals surface area contributed by atoms with Gasteiger partial charge in [-0.2, -0.15) is 5.26 Å². The number of hydrogen-bond donors (Lipinski definition) is 0. The van der Waals surface area contributed by atoms with Crippen LogP contribution in [0.15, 0.2) is 0 Å². The van der Waals surface area contributed by atoms with E-state index in [1.54, 1.807) is 0 Å². The number of nitrogens with zero attached hydrogens (tertiary/aromatic N) is 1. The number of carbonyl (C=O) groups excluding carboxylic acids is 2. The minimum atomic E-state index is -1.07. The molecule has 0 bridgehead atoms. The molecule has 0 amide bonds. The average molecular weight is 420 g/mol. The zero-order valence-corrected chi connectivity index (χ0v) is 19.1. The van der Waals surface area contributed by atoms with Gasteiger partial charge in [-0.3, -0.25) is 9.59 Å². The lowest BCUT2D eigenvalue weighted by Gasteiger charge is -2.48. The predicted octanol–water partition coefficient (Wildman–Crippen LogP) is 5.96. The van der Waals surface area contributed by atoms with E-state index >= 15 is 0 Å². The molecule has 5 nitrogen and oxygen atoms in total. The molecule has 2 saturated carbocycles. The number of unbranched alkanes of at least 4 members (excludes halogenated alkanes) is 2. The Bertz CT molecular complexity index is 552. The summed E-state index contributed by atoms with van der Waals surface area (Å²) in [6.45, 7) is 4.77. The third-order valence-electron chi connectivity index (χ3n) is 7.23. The fourth-order valence-electron chi connectivity index (χ4n) is 5.61. The third-order valence-corrected chi connectivity index (χ3v) is 7.23. The van der Waals surface area contributed by atoms with Crippen LogP contribution in [-0.2, 0) is 19.1 Å². The van der Waals surface area contributed by atoms with Crippen molar-refractivity contribution in [3.63, 3.8) is 0 Å². The fraction of sp³-hybridized carbons (Fsp3) is 0.880. The number of nitriles is 1. The molecule has 0 heterocycles. The topological polar surface area (TPSA) is 76.4 Å². The summed E-state index contributed by atoms with van der Waals surface area (Å²) in [5.74, 6) is -1.86. The number of hydrogen-bond acceptors (Lipinski definition) is 5. The maximum atomic E-state index is 13.8. The van der Waals surface area contributed by atoms with Crippen LogP contribution < -0.4 is 0 Å². The number of esters is 2. The molecule has 5 heteroatoms. The molecule has 2 aliphatic carbocycles. The van der Waals surface area contributed by atoms with Crippen LogP contribution in [0.25, 0.3) is 0 Å². The molecule has 0 aromatic rings. The van der Waals surface area contributed by atoms with Crippen LogP contribution >= 0.6 is 0 Å². The van der Waals surface area contributed by atoms with E-state index in [9.17, 15) is 14.9 Å². The van der Waals surface area contributed by atoms with Crippen LogP contribution in [0.4, 0.5) is 0 Å². The Labute approximate surface area is 182 Å². The molecule has 30 heavy (non-hydrogen) atoms. The van der Waals surface area contributed by atoms with Gasteiger partial charge in [-0.15, -0.1) is 0 Å². The van der Waals surface area contributed by atoms with Crippen LogP contribution in [0.2, 0.25) is 0 Å². The Hall–Kier alpha value is -1.57. The Morgan fingerprint density at radius 3 is 1.77 bits per heavy atom. The highest BCUT2D eigenvalue weighted by atomic mass is 16.5. The number of ether oxygens (including phenoxy) is 2. The first kappa shape index (κ1) is 24.7. The molecule has 1 unspecified atom stereocenters. The zero-order valence-electron chi connectivity index (χ0n) is 19.1. The molecular weight excluding hydrogens is 378 g/mol. The van der Waals surface area contributed by atoms with E-state index in [-0.39, 0.29) is 17.8 Å². The highest BCUT2D eigenvalue weighted by molar-refractivity contribution is 5.88. The largest absolute Gasteiger partial charge is 0.465 e. The smallest absolute Gasteiger partial charge is 0.324 e. The lowest BCUT2D eigenvalue weighted by atomic mass is 9.53. The first-order valence-electron chi connectivity index (χ1n) is 12.4. The maximum Gasteiger partial charge on any atom is 0.324 e. The van der Waals surface area contributed by atoms with E-state index in [4.69, 9.17) is 9.47 Å². The van der Waals surface area contributed by atoms with Gasteiger partial charge in [0.15, 0.2) is 5.92 Å². The predicted molar refractivity (Wildman–Crippen MR) is 116 cm³/mol. The first-order chi connectivity index (χ1) is 14.6. The summed E-state index contributed by atoms with van der Waals surface area (Å²) in [5.41, 5.74) is -1.06. The molecule has 0 aromatic carbocycles. The van der Waals surface area contributed by atoms with E-state index in [2.05, 4.69) is 13.0 Å². The minimum Gasteiger partial charge on any atom is -0.465 e. The van der Waals surface area contributed by atoms with Crippen molar-refractivity contribution in [2.24, 2.45) is 23.2 Å². The van der Waals surface area contributed by atoms with Crippen LogP contribution in [-0.4, -0.2) is 25.2 Å². The monoisotopic (exact) mass is 419 g/mol. The highest BCUT2D eigenvalue weighted by Crippen LogP contribution is 2.54. The van der Waals surface area contributed by atoms with E-state index in [0.717, 1.165) is 89.9 Å². The second-order valence-electron chi connectivity index (χ2n) is 9.18. The molecule has 0 aliphatic heterocycles. The minimum absolute atomic E-state index is 0.0202. The van der Waals surface area contributed by atoms with Gasteiger partial charge in [0.1, 0.15) is 5.41 Å². The van der Waals surface area contributed by atoms with Gasteiger partial charge in [0, 0.05) is 0 Å². The third kappa shape index (κ3) is 5.77. The van der Waals surface area contributed by atoms with Crippen molar-refractivity contribution in [3.05, 3.63) is 0 Å². The van der Waals surface area contributed by atoms with E-state index in [1.807, 2.05) is 6.92 Å². The molecule has 1 atom stereocenters. The maximum absolute atomic E-state index is 13.8. The quantitative estimate of drug-likeness (QED) is 0.305. The Balaban J connectivity index is 2.45. The summed E-state index contributed by atoms with van der Waals surface area (Å²) < 4.78 is 11.3. The molecule has 0 spiro atoms. The summed E-state index contributed by atoms with van der Waals surface area (Å²) in [6.07, 6.45) is 13.5. The summed E-state index contributed by atoms with van der Waals surface area (Å²) in [4.78, 5) is 27.0. The molecule has 0 saturated heterocycles. The fourth-order valence-corrected chi connectivity index (χ4v) is 5.61. The van der Waals surface area contributed by atoms with Gasteiger partial charge in [-0.1, -0.05) is 65.2 Å². The normalized spacial score (nSPS) is 19.6. The standard InChI is InChI=1S/C25H41NO4/c1-3-5-17-29-23(27)22(19-26)25(20-13-9-7-10-14-20,21-15-11-8-12-16-21)24(28)30-18-6-4-2/h20-22H,3-18H2,1-2H3. The molecule has 2 rings (SSSR count). The van der Waals surface area contributed by atoms with Gasteiger partial charge in [-0.05, 0) is 50.4 Å². The van der Waals surface area contributed by atoms with Gasteiger partial charge in [0.05, 0.1) is 19.3 Å². The molecule has 2 fully saturated rings. The molecule has 0 radical (unpaired) electrons. The molecule has 2 aliphatic rings. The zero-order chi connectivity index (χ0) is 21.8. The van der Waals surface area contributed by atoms with Crippen LogP contribution in [0.5, 0.6) is 0 Å². The average Bonchev–Trinajstić information content (AvgIpc) is 2.78. The van der Waals surface area contributed by atoms with E-state index in [1.165, 1.54) is 0 Å². The van der Waals surface area contributed by atoms with Crippen LogP contribution in [0.3, 0.4) is 0 Å². The van der Waals surface area contributed by atoms with Gasteiger partial charge >= 0.3 is 11.9 Å². The van der Waals surface area contributed by atoms with Crippen LogP contribution in [0.1, 0.15) is 104 Å². The van der Waals surface area contributed by atoms with Crippen molar-refractivity contribution in [2.75, 3.05) is 13.2 Å². The van der Waals surface area contributed by atoms with Crippen molar-refractivity contribution in [1.29, 1.82) is 5.26 Å². The molecule has 0 N–H and O–H groups in total. The Morgan fingerprint density at radius 1 is 0.867 bits per heavy atom. The van der Waals surface area contributed by atoms with Crippen molar-refractivity contribution in [3.8, 4) is 6.07 Å². The second kappa shape index (κ2) is 13.0. The number of carbonyl (C=O) groups is 2. The summed E-state index contributed by atoms with van der Waals surface area (Å²) in [7, 11) is 0. The second-order valence-corrected chi connectivity index (χ2v) is 9.18. The first-order valence-corrected chi connectivity index (χ1v) is 12.4. The summed E-state index contributed by atoms with van der Waals surface area (Å²) >= 11 is 0.